The quantitative estimate of drug-likeness (QED) is 0.120. The Morgan fingerprint density at radius 2 is 1.14 bits per heavy atom. The number of pyridine rings is 1. The van der Waals surface area contributed by atoms with Crippen LogP contribution in [0.3, 0.4) is 0 Å². The second-order valence-corrected chi connectivity index (χ2v) is 9.85. The molecule has 5 heteroatoms. The Morgan fingerprint density at radius 3 is 1.69 bits per heavy atom. The third-order valence-electron chi connectivity index (χ3n) is 6.42. The predicted molar refractivity (Wildman–Crippen MR) is 144 cm³/mol. The van der Waals surface area contributed by atoms with Gasteiger partial charge < -0.3 is 9.47 Å². The van der Waals surface area contributed by atoms with Crippen molar-refractivity contribution in [1.29, 1.82) is 0 Å². The molecule has 0 fully saturated rings. The lowest BCUT2D eigenvalue weighted by atomic mass is 10.0. The van der Waals surface area contributed by atoms with Crippen molar-refractivity contribution in [1.82, 2.24) is 4.98 Å². The number of aromatic nitrogens is 1. The largest absolute Gasteiger partial charge is 0.461 e. The highest BCUT2D eigenvalue weighted by molar-refractivity contribution is 5.91. The molecule has 0 amide bonds. The van der Waals surface area contributed by atoms with Crippen LogP contribution >= 0.6 is 0 Å². The highest BCUT2D eigenvalue weighted by atomic mass is 16.5. The Hall–Kier alpha value is -1.91. The summed E-state index contributed by atoms with van der Waals surface area (Å²) < 4.78 is 10.9. The topological polar surface area (TPSA) is 65.5 Å². The fourth-order valence-electron chi connectivity index (χ4n) is 4.18. The molecule has 0 N–H and O–H groups in total. The lowest BCUT2D eigenvalue weighted by molar-refractivity contribution is 0.0312. The number of nitrogens with zero attached hydrogens (tertiary/aromatic N) is 1. The van der Waals surface area contributed by atoms with Crippen molar-refractivity contribution >= 4 is 11.9 Å². The molecule has 0 aromatic carbocycles. The Kier molecular flexibility index (Phi) is 19.0. The van der Waals surface area contributed by atoms with Crippen molar-refractivity contribution in [2.75, 3.05) is 6.61 Å². The second kappa shape index (κ2) is 21.4. The first-order chi connectivity index (χ1) is 17.1. The van der Waals surface area contributed by atoms with Crippen molar-refractivity contribution < 1.29 is 19.1 Å². The van der Waals surface area contributed by atoms with E-state index in [-0.39, 0.29) is 17.5 Å². The molecule has 200 valence electrons. The maximum atomic E-state index is 12.4. The van der Waals surface area contributed by atoms with Crippen molar-refractivity contribution in [3.63, 3.8) is 0 Å². The van der Waals surface area contributed by atoms with E-state index in [1.807, 2.05) is 6.92 Å². The molecule has 0 saturated heterocycles. The van der Waals surface area contributed by atoms with Gasteiger partial charge in [-0.3, -0.25) is 0 Å². The minimum atomic E-state index is -0.487. The van der Waals surface area contributed by atoms with E-state index >= 15 is 0 Å². The van der Waals surface area contributed by atoms with Crippen LogP contribution in [0.2, 0.25) is 0 Å². The first-order valence-electron chi connectivity index (χ1n) is 14.4. The van der Waals surface area contributed by atoms with Crippen LogP contribution in [0.5, 0.6) is 0 Å². The molecule has 0 aliphatic carbocycles. The zero-order valence-electron chi connectivity index (χ0n) is 22.8. The lowest BCUT2D eigenvalue weighted by Crippen LogP contribution is -2.17. The zero-order chi connectivity index (χ0) is 25.6. The molecule has 0 saturated carbocycles. The Bertz CT molecular complexity index is 676. The van der Waals surface area contributed by atoms with Crippen molar-refractivity contribution in [3.8, 4) is 0 Å². The fraction of sp³-hybridized carbons (Fsp3) is 0.767. The molecular weight excluding hydrogens is 438 g/mol. The van der Waals surface area contributed by atoms with Gasteiger partial charge in [0.1, 0.15) is 11.4 Å². The molecule has 0 bridgehead atoms. The zero-order valence-corrected chi connectivity index (χ0v) is 22.8. The maximum absolute atomic E-state index is 12.4. The van der Waals surface area contributed by atoms with Gasteiger partial charge in [-0.1, -0.05) is 116 Å². The summed E-state index contributed by atoms with van der Waals surface area (Å²) in [4.78, 5) is 28.9. The van der Waals surface area contributed by atoms with Gasteiger partial charge in [0.25, 0.3) is 0 Å². The highest BCUT2D eigenvalue weighted by Gasteiger charge is 2.16. The number of ether oxygens (including phenoxy) is 2. The number of carbonyl (C=O) groups is 2. The molecule has 0 radical (unpaired) electrons. The number of hydrogen-bond acceptors (Lipinski definition) is 5. The van der Waals surface area contributed by atoms with Crippen molar-refractivity contribution in [2.45, 2.75) is 142 Å². The van der Waals surface area contributed by atoms with E-state index in [1.54, 1.807) is 18.2 Å². The normalized spacial score (nSPS) is 11.9. The minimum absolute atomic E-state index is 0.154. The minimum Gasteiger partial charge on any atom is -0.461 e. The second-order valence-electron chi connectivity index (χ2n) is 9.85. The van der Waals surface area contributed by atoms with Gasteiger partial charge in [0.2, 0.25) is 0 Å². The van der Waals surface area contributed by atoms with Crippen LogP contribution in [0, 0.1) is 0 Å². The summed E-state index contributed by atoms with van der Waals surface area (Å²) in [5.74, 6) is -0.967. The van der Waals surface area contributed by atoms with Crippen LogP contribution in [-0.2, 0) is 9.47 Å². The number of rotatable bonds is 22. The molecule has 1 heterocycles. The van der Waals surface area contributed by atoms with Crippen LogP contribution < -0.4 is 0 Å². The number of unbranched alkanes of at least 4 members (excludes halogenated alkanes) is 15. The molecule has 1 atom stereocenters. The monoisotopic (exact) mass is 489 g/mol. The van der Waals surface area contributed by atoms with Gasteiger partial charge in [0.05, 0.1) is 12.7 Å². The Morgan fingerprint density at radius 1 is 0.686 bits per heavy atom. The van der Waals surface area contributed by atoms with Gasteiger partial charge in [-0.05, 0) is 38.3 Å². The van der Waals surface area contributed by atoms with Gasteiger partial charge >= 0.3 is 11.9 Å². The van der Waals surface area contributed by atoms with E-state index in [0.717, 1.165) is 32.1 Å². The lowest BCUT2D eigenvalue weighted by Gasteiger charge is -2.13. The van der Waals surface area contributed by atoms with Gasteiger partial charge in [0, 0.05) is 0 Å². The van der Waals surface area contributed by atoms with Crippen molar-refractivity contribution in [3.05, 3.63) is 29.6 Å². The highest BCUT2D eigenvalue weighted by Crippen LogP contribution is 2.13. The van der Waals surface area contributed by atoms with Gasteiger partial charge in [-0.15, -0.1) is 0 Å². The van der Waals surface area contributed by atoms with E-state index in [0.29, 0.717) is 6.61 Å². The molecule has 0 aliphatic rings. The first-order valence-corrected chi connectivity index (χ1v) is 14.4. The maximum Gasteiger partial charge on any atom is 0.357 e. The van der Waals surface area contributed by atoms with Gasteiger partial charge in [0.15, 0.2) is 0 Å². The van der Waals surface area contributed by atoms with E-state index in [1.165, 1.54) is 83.5 Å². The Balaban J connectivity index is 2.13. The fourth-order valence-corrected chi connectivity index (χ4v) is 4.18. The SMILES string of the molecule is CCCCCCCCCCCCCCCOC(=O)c1cccc(C(=O)OC(C)CCCCCC)n1. The standard InChI is InChI=1S/C30H51NO4/c1-4-6-8-10-11-12-13-14-15-16-17-18-20-25-34-29(32)27-23-21-24-28(31-27)30(33)35-26(3)22-19-9-7-5-2/h21,23-24,26H,4-20,22,25H2,1-3H3. The van der Waals surface area contributed by atoms with Gasteiger partial charge in [-0.25, -0.2) is 14.6 Å². The molecule has 35 heavy (non-hydrogen) atoms. The molecule has 5 nitrogen and oxygen atoms in total. The third-order valence-corrected chi connectivity index (χ3v) is 6.42. The van der Waals surface area contributed by atoms with Crippen molar-refractivity contribution in [2.24, 2.45) is 0 Å². The summed E-state index contributed by atoms with van der Waals surface area (Å²) in [5.41, 5.74) is 0.311. The predicted octanol–water partition coefficient (Wildman–Crippen LogP) is 8.85. The number of carbonyl (C=O) groups excluding carboxylic acids is 2. The van der Waals surface area contributed by atoms with E-state index in [4.69, 9.17) is 9.47 Å². The summed E-state index contributed by atoms with van der Waals surface area (Å²) >= 11 is 0. The molecule has 0 aliphatic heterocycles. The summed E-state index contributed by atoms with van der Waals surface area (Å²) in [5, 5.41) is 0. The average Bonchev–Trinajstić information content (AvgIpc) is 2.86. The van der Waals surface area contributed by atoms with Crippen LogP contribution in [0.15, 0.2) is 18.2 Å². The summed E-state index contributed by atoms with van der Waals surface area (Å²) in [6.07, 6.45) is 21.9. The molecular formula is C30H51NO4. The number of esters is 2. The smallest absolute Gasteiger partial charge is 0.357 e. The molecule has 1 aromatic rings. The van der Waals surface area contributed by atoms with Crippen LogP contribution in [0.4, 0.5) is 0 Å². The summed E-state index contributed by atoms with van der Waals surface area (Å²) in [6.45, 7) is 6.73. The molecule has 1 rings (SSSR count). The van der Waals surface area contributed by atoms with E-state index < -0.39 is 11.9 Å². The van der Waals surface area contributed by atoms with Crippen LogP contribution in [0.1, 0.15) is 157 Å². The van der Waals surface area contributed by atoms with Crippen LogP contribution in [0.25, 0.3) is 0 Å². The average molecular weight is 490 g/mol. The summed E-state index contributed by atoms with van der Waals surface area (Å²) in [7, 11) is 0. The number of hydrogen-bond donors (Lipinski definition) is 0. The van der Waals surface area contributed by atoms with E-state index in [9.17, 15) is 9.59 Å². The molecule has 1 aromatic heterocycles. The van der Waals surface area contributed by atoms with Gasteiger partial charge in [-0.2, -0.15) is 0 Å². The molecule has 0 spiro atoms. The summed E-state index contributed by atoms with van der Waals surface area (Å²) in [6, 6.07) is 4.81. The first kappa shape index (κ1) is 31.1. The third kappa shape index (κ3) is 16.4. The Labute approximate surface area is 214 Å². The van der Waals surface area contributed by atoms with Crippen LogP contribution in [-0.4, -0.2) is 29.6 Å². The van der Waals surface area contributed by atoms with E-state index in [2.05, 4.69) is 18.8 Å². The molecule has 1 unspecified atom stereocenters.